The number of aryl methyl sites for hydroxylation is 1. The zero-order valence-electron chi connectivity index (χ0n) is 9.73. The average molecular weight is 267 g/mol. The minimum absolute atomic E-state index is 0.0295. The normalized spacial score (nSPS) is 12.2. The third kappa shape index (κ3) is 1.85. The second-order valence-corrected chi connectivity index (χ2v) is 4.03. The molecule has 0 saturated carbocycles. The number of aromatic amines is 1. The zero-order valence-corrected chi connectivity index (χ0v) is 9.73. The minimum atomic E-state index is -4.51. The molecule has 0 radical (unpaired) electrons. The summed E-state index contributed by atoms with van der Waals surface area (Å²) in [6, 6.07) is 1.53. The molecule has 98 valence electrons. The van der Waals surface area contributed by atoms with E-state index < -0.39 is 11.7 Å². The van der Waals surface area contributed by atoms with E-state index in [1.165, 1.54) is 23.3 Å². The van der Waals surface area contributed by atoms with Crippen LogP contribution in [0.1, 0.15) is 5.56 Å². The van der Waals surface area contributed by atoms with E-state index in [4.69, 9.17) is 0 Å². The van der Waals surface area contributed by atoms with Crippen molar-refractivity contribution < 1.29 is 13.2 Å². The molecule has 0 spiro atoms. The van der Waals surface area contributed by atoms with Crippen LogP contribution in [0.3, 0.4) is 0 Å². The van der Waals surface area contributed by atoms with Crippen molar-refractivity contribution >= 4 is 11.0 Å². The summed E-state index contributed by atoms with van der Waals surface area (Å²) in [6.45, 7) is 0. The topological polar surface area (TPSA) is 59.4 Å². The maximum atomic E-state index is 13.1. The SMILES string of the molecule is Cn1cnc(-c2c(C(F)(F)F)cnc3[nH]ccc23)n1. The van der Waals surface area contributed by atoms with Crippen LogP contribution in [0.5, 0.6) is 0 Å². The van der Waals surface area contributed by atoms with Gasteiger partial charge in [-0.15, -0.1) is 0 Å². The Kier molecular flexibility index (Phi) is 2.34. The highest BCUT2D eigenvalue weighted by Gasteiger charge is 2.36. The van der Waals surface area contributed by atoms with E-state index in [9.17, 15) is 13.2 Å². The van der Waals surface area contributed by atoms with Gasteiger partial charge in [-0.25, -0.2) is 9.97 Å². The molecule has 0 aliphatic heterocycles. The number of aromatic nitrogens is 5. The fourth-order valence-electron chi connectivity index (χ4n) is 1.92. The van der Waals surface area contributed by atoms with Crippen molar-refractivity contribution in [2.24, 2.45) is 7.05 Å². The molecule has 0 saturated heterocycles. The van der Waals surface area contributed by atoms with Crippen LogP contribution in [0, 0.1) is 0 Å². The first kappa shape index (κ1) is 11.7. The van der Waals surface area contributed by atoms with Crippen LogP contribution in [0.15, 0.2) is 24.8 Å². The first-order chi connectivity index (χ1) is 8.97. The Bertz CT molecular complexity index is 740. The van der Waals surface area contributed by atoms with Gasteiger partial charge in [0.2, 0.25) is 0 Å². The quantitative estimate of drug-likeness (QED) is 0.736. The maximum absolute atomic E-state index is 13.1. The van der Waals surface area contributed by atoms with Crippen LogP contribution in [-0.4, -0.2) is 24.7 Å². The number of alkyl halides is 3. The molecule has 3 aromatic heterocycles. The lowest BCUT2D eigenvalue weighted by atomic mass is 10.1. The van der Waals surface area contributed by atoms with Gasteiger partial charge in [0.1, 0.15) is 12.0 Å². The Hall–Kier alpha value is -2.38. The van der Waals surface area contributed by atoms with Crippen LogP contribution >= 0.6 is 0 Å². The number of nitrogens with one attached hydrogen (secondary N) is 1. The lowest BCUT2D eigenvalue weighted by Gasteiger charge is -2.11. The fraction of sp³-hybridized carbons (Fsp3) is 0.182. The number of halogens is 3. The predicted molar refractivity (Wildman–Crippen MR) is 61.1 cm³/mol. The summed E-state index contributed by atoms with van der Waals surface area (Å²) < 4.78 is 40.5. The molecule has 1 N–H and O–H groups in total. The monoisotopic (exact) mass is 267 g/mol. The Morgan fingerprint density at radius 3 is 2.68 bits per heavy atom. The van der Waals surface area contributed by atoms with Crippen molar-refractivity contribution in [1.82, 2.24) is 24.7 Å². The van der Waals surface area contributed by atoms with Gasteiger partial charge >= 0.3 is 6.18 Å². The molecule has 0 amide bonds. The molecule has 0 bridgehead atoms. The molecule has 3 rings (SSSR count). The highest BCUT2D eigenvalue weighted by atomic mass is 19.4. The molecule has 0 aliphatic carbocycles. The Labute approximate surface area is 105 Å². The molecule has 5 nitrogen and oxygen atoms in total. The lowest BCUT2D eigenvalue weighted by Crippen LogP contribution is -2.09. The van der Waals surface area contributed by atoms with Crippen molar-refractivity contribution in [3.05, 3.63) is 30.4 Å². The highest BCUT2D eigenvalue weighted by Crippen LogP contribution is 2.38. The molecule has 0 fully saturated rings. The van der Waals surface area contributed by atoms with Gasteiger partial charge in [0, 0.05) is 30.4 Å². The average Bonchev–Trinajstić information content (AvgIpc) is 2.94. The summed E-state index contributed by atoms with van der Waals surface area (Å²) in [7, 11) is 1.60. The molecular weight excluding hydrogens is 259 g/mol. The molecule has 3 heterocycles. The van der Waals surface area contributed by atoms with Gasteiger partial charge in [0.25, 0.3) is 0 Å². The number of fused-ring (bicyclic) bond motifs is 1. The molecule has 0 aromatic carbocycles. The largest absolute Gasteiger partial charge is 0.418 e. The van der Waals surface area contributed by atoms with E-state index in [1.54, 1.807) is 7.05 Å². The standard InChI is InChI=1S/C11H8F3N5/c1-19-5-17-10(18-19)8-6-2-3-15-9(6)16-4-7(8)11(12,13)14/h2-5H,1H3,(H,15,16). The third-order valence-electron chi connectivity index (χ3n) is 2.72. The van der Waals surface area contributed by atoms with E-state index in [-0.39, 0.29) is 11.4 Å². The van der Waals surface area contributed by atoms with Crippen LogP contribution in [-0.2, 0) is 13.2 Å². The van der Waals surface area contributed by atoms with E-state index in [0.717, 1.165) is 6.20 Å². The zero-order chi connectivity index (χ0) is 13.6. The van der Waals surface area contributed by atoms with Crippen LogP contribution in [0.25, 0.3) is 22.4 Å². The highest BCUT2D eigenvalue weighted by molar-refractivity contribution is 5.92. The molecule has 0 aliphatic rings. The van der Waals surface area contributed by atoms with Gasteiger partial charge in [-0.3, -0.25) is 4.68 Å². The van der Waals surface area contributed by atoms with E-state index in [2.05, 4.69) is 20.1 Å². The second-order valence-electron chi connectivity index (χ2n) is 4.03. The molecule has 3 aromatic rings. The third-order valence-corrected chi connectivity index (χ3v) is 2.72. The van der Waals surface area contributed by atoms with E-state index in [1.807, 2.05) is 0 Å². The number of H-pyrrole nitrogens is 1. The van der Waals surface area contributed by atoms with Crippen molar-refractivity contribution in [2.75, 3.05) is 0 Å². The Morgan fingerprint density at radius 1 is 1.26 bits per heavy atom. The summed E-state index contributed by atoms with van der Waals surface area (Å²) in [6.07, 6.45) is -0.823. The minimum Gasteiger partial charge on any atom is -0.346 e. The maximum Gasteiger partial charge on any atom is 0.418 e. The first-order valence-corrected chi connectivity index (χ1v) is 5.36. The molecule has 19 heavy (non-hydrogen) atoms. The summed E-state index contributed by atoms with van der Waals surface area (Å²) in [5.74, 6) is 0.0295. The van der Waals surface area contributed by atoms with Gasteiger partial charge in [-0.1, -0.05) is 0 Å². The first-order valence-electron chi connectivity index (χ1n) is 5.36. The van der Waals surface area contributed by atoms with Crippen molar-refractivity contribution in [1.29, 1.82) is 0 Å². The molecule has 0 unspecified atom stereocenters. The van der Waals surface area contributed by atoms with Gasteiger partial charge < -0.3 is 4.98 Å². The Morgan fingerprint density at radius 2 is 2.05 bits per heavy atom. The second kappa shape index (κ2) is 3.81. The summed E-state index contributed by atoms with van der Waals surface area (Å²) in [4.78, 5) is 10.4. The van der Waals surface area contributed by atoms with Crippen LogP contribution in [0.2, 0.25) is 0 Å². The van der Waals surface area contributed by atoms with Crippen molar-refractivity contribution in [3.8, 4) is 11.4 Å². The van der Waals surface area contributed by atoms with E-state index >= 15 is 0 Å². The number of hydrogen-bond acceptors (Lipinski definition) is 3. The number of hydrogen-bond donors (Lipinski definition) is 1. The molecule has 8 heteroatoms. The molecule has 0 atom stereocenters. The van der Waals surface area contributed by atoms with Crippen molar-refractivity contribution in [2.45, 2.75) is 6.18 Å². The summed E-state index contributed by atoms with van der Waals surface area (Å²) in [5.41, 5.74) is -0.527. The van der Waals surface area contributed by atoms with Gasteiger partial charge in [-0.2, -0.15) is 18.3 Å². The lowest BCUT2D eigenvalue weighted by molar-refractivity contribution is -0.137. The summed E-state index contributed by atoms with van der Waals surface area (Å²) >= 11 is 0. The Balaban J connectivity index is 2.38. The number of nitrogens with zero attached hydrogens (tertiary/aromatic N) is 4. The number of rotatable bonds is 1. The fourth-order valence-corrected chi connectivity index (χ4v) is 1.92. The number of pyridine rings is 1. The molecular formula is C11H8F3N5. The van der Waals surface area contributed by atoms with Crippen LogP contribution in [0.4, 0.5) is 13.2 Å². The van der Waals surface area contributed by atoms with E-state index in [0.29, 0.717) is 11.0 Å². The van der Waals surface area contributed by atoms with Crippen LogP contribution < -0.4 is 0 Å². The van der Waals surface area contributed by atoms with Gasteiger partial charge in [0.15, 0.2) is 5.82 Å². The predicted octanol–water partition coefficient (Wildman–Crippen LogP) is 2.38. The van der Waals surface area contributed by atoms with Crippen molar-refractivity contribution in [3.63, 3.8) is 0 Å². The van der Waals surface area contributed by atoms with Gasteiger partial charge in [-0.05, 0) is 6.07 Å². The summed E-state index contributed by atoms with van der Waals surface area (Å²) in [5, 5.41) is 4.30. The van der Waals surface area contributed by atoms with Gasteiger partial charge in [0.05, 0.1) is 5.56 Å². The smallest absolute Gasteiger partial charge is 0.346 e.